The Morgan fingerprint density at radius 2 is 1.74 bits per heavy atom. The molecule has 0 fully saturated rings. The van der Waals surface area contributed by atoms with Crippen LogP contribution in [0.25, 0.3) is 0 Å². The maximum absolute atomic E-state index is 4.33. The minimum Gasteiger partial charge on any atom is -0.307 e. The van der Waals surface area contributed by atoms with Crippen molar-refractivity contribution in [3.05, 3.63) is 53.3 Å². The molecule has 2 rings (SSSR count). The quantitative estimate of drug-likeness (QED) is 0.826. The lowest BCUT2D eigenvalue weighted by Crippen LogP contribution is -2.16. The molecule has 0 unspecified atom stereocenters. The highest BCUT2D eigenvalue weighted by molar-refractivity contribution is 5.22. The lowest BCUT2D eigenvalue weighted by Gasteiger charge is -2.08. The highest BCUT2D eigenvalue weighted by Gasteiger charge is 2.01. The second-order valence-corrected chi connectivity index (χ2v) is 4.82. The highest BCUT2D eigenvalue weighted by atomic mass is 15.3. The molecule has 2 aromatic rings. The summed E-state index contributed by atoms with van der Waals surface area (Å²) in [5, 5.41) is 7.81. The van der Waals surface area contributed by atoms with Crippen LogP contribution in [0.5, 0.6) is 0 Å². The summed E-state index contributed by atoms with van der Waals surface area (Å²) in [6, 6.07) is 10.9. The van der Waals surface area contributed by atoms with Gasteiger partial charge in [-0.2, -0.15) is 5.10 Å². The van der Waals surface area contributed by atoms with E-state index in [0.717, 1.165) is 32.5 Å². The number of nitrogens with zero attached hydrogens (tertiary/aromatic N) is 2. The van der Waals surface area contributed by atoms with Gasteiger partial charge in [0, 0.05) is 25.8 Å². The molecule has 3 heteroatoms. The van der Waals surface area contributed by atoms with Gasteiger partial charge in [0.2, 0.25) is 0 Å². The molecular weight excluding hydrogens is 234 g/mol. The zero-order valence-electron chi connectivity index (χ0n) is 11.9. The van der Waals surface area contributed by atoms with Crippen molar-refractivity contribution in [3.63, 3.8) is 0 Å². The molecule has 0 aliphatic rings. The van der Waals surface area contributed by atoms with Gasteiger partial charge in [-0.25, -0.2) is 0 Å². The molecule has 0 aliphatic heterocycles. The SMILES string of the molecule is CCCn1nccc1CNCc1ccc(CC)cc1. The first kappa shape index (κ1) is 13.8. The van der Waals surface area contributed by atoms with Gasteiger partial charge < -0.3 is 5.32 Å². The van der Waals surface area contributed by atoms with Crippen LogP contribution in [-0.4, -0.2) is 9.78 Å². The van der Waals surface area contributed by atoms with Gasteiger partial charge in [-0.1, -0.05) is 38.1 Å². The van der Waals surface area contributed by atoms with Crippen LogP contribution >= 0.6 is 0 Å². The Balaban J connectivity index is 1.83. The molecule has 1 aromatic heterocycles. The van der Waals surface area contributed by atoms with Crippen molar-refractivity contribution in [2.45, 2.75) is 46.3 Å². The van der Waals surface area contributed by atoms with E-state index in [-0.39, 0.29) is 0 Å². The molecule has 0 amide bonds. The Kier molecular flexibility index (Phi) is 5.16. The molecule has 0 radical (unpaired) electrons. The van der Waals surface area contributed by atoms with E-state index < -0.39 is 0 Å². The number of hydrogen-bond acceptors (Lipinski definition) is 2. The molecule has 19 heavy (non-hydrogen) atoms. The van der Waals surface area contributed by atoms with E-state index in [9.17, 15) is 0 Å². The number of aryl methyl sites for hydroxylation is 2. The van der Waals surface area contributed by atoms with Crippen LogP contribution < -0.4 is 5.32 Å². The summed E-state index contributed by atoms with van der Waals surface area (Å²) < 4.78 is 2.08. The Labute approximate surface area is 115 Å². The first-order valence-corrected chi connectivity index (χ1v) is 7.12. The van der Waals surface area contributed by atoms with Crippen molar-refractivity contribution in [3.8, 4) is 0 Å². The van der Waals surface area contributed by atoms with E-state index in [2.05, 4.69) is 59.3 Å². The Morgan fingerprint density at radius 1 is 1.00 bits per heavy atom. The third-order valence-corrected chi connectivity index (χ3v) is 3.31. The van der Waals surface area contributed by atoms with Gasteiger partial charge in [0.25, 0.3) is 0 Å². The summed E-state index contributed by atoms with van der Waals surface area (Å²) in [7, 11) is 0. The normalized spacial score (nSPS) is 10.8. The van der Waals surface area contributed by atoms with E-state index in [1.54, 1.807) is 0 Å². The second-order valence-electron chi connectivity index (χ2n) is 4.82. The van der Waals surface area contributed by atoms with Gasteiger partial charge in [-0.05, 0) is 30.0 Å². The third-order valence-electron chi connectivity index (χ3n) is 3.31. The standard InChI is InChI=1S/C16H23N3/c1-3-11-19-16(9-10-18-19)13-17-12-15-7-5-14(4-2)6-8-15/h5-10,17H,3-4,11-13H2,1-2H3. The molecule has 0 saturated heterocycles. The Morgan fingerprint density at radius 3 is 2.42 bits per heavy atom. The molecule has 0 atom stereocenters. The van der Waals surface area contributed by atoms with Gasteiger partial charge in [-0.3, -0.25) is 4.68 Å². The summed E-state index contributed by atoms with van der Waals surface area (Å²) in [6.45, 7) is 7.13. The zero-order valence-corrected chi connectivity index (χ0v) is 11.9. The fourth-order valence-electron chi connectivity index (χ4n) is 2.15. The summed E-state index contributed by atoms with van der Waals surface area (Å²) in [6.07, 6.45) is 4.10. The fraction of sp³-hybridized carbons (Fsp3) is 0.438. The third kappa shape index (κ3) is 3.93. The molecule has 0 spiro atoms. The first-order valence-electron chi connectivity index (χ1n) is 7.12. The van der Waals surface area contributed by atoms with E-state index in [1.807, 2.05) is 6.20 Å². The average molecular weight is 257 g/mol. The van der Waals surface area contributed by atoms with Gasteiger partial charge in [0.15, 0.2) is 0 Å². The zero-order chi connectivity index (χ0) is 13.5. The van der Waals surface area contributed by atoms with Crippen molar-refractivity contribution in [1.82, 2.24) is 15.1 Å². The molecule has 1 heterocycles. The fourth-order valence-corrected chi connectivity index (χ4v) is 2.15. The smallest absolute Gasteiger partial charge is 0.0522 e. The van der Waals surface area contributed by atoms with Crippen LogP contribution in [0.3, 0.4) is 0 Å². The molecule has 0 saturated carbocycles. The Bertz CT molecular complexity index is 485. The molecular formula is C16H23N3. The number of nitrogens with one attached hydrogen (secondary N) is 1. The largest absolute Gasteiger partial charge is 0.307 e. The van der Waals surface area contributed by atoms with Crippen LogP contribution in [0.4, 0.5) is 0 Å². The van der Waals surface area contributed by atoms with Gasteiger partial charge >= 0.3 is 0 Å². The van der Waals surface area contributed by atoms with Gasteiger partial charge in [0.05, 0.1) is 5.69 Å². The van der Waals surface area contributed by atoms with E-state index >= 15 is 0 Å². The summed E-state index contributed by atoms with van der Waals surface area (Å²) >= 11 is 0. The van der Waals surface area contributed by atoms with Crippen molar-refractivity contribution < 1.29 is 0 Å². The lowest BCUT2D eigenvalue weighted by molar-refractivity contribution is 0.549. The average Bonchev–Trinajstić information content (AvgIpc) is 2.88. The summed E-state index contributed by atoms with van der Waals surface area (Å²) in [5.74, 6) is 0. The molecule has 102 valence electrons. The van der Waals surface area contributed by atoms with E-state index in [4.69, 9.17) is 0 Å². The minimum atomic E-state index is 0.871. The summed E-state index contributed by atoms with van der Waals surface area (Å²) in [4.78, 5) is 0. The molecule has 3 nitrogen and oxygen atoms in total. The number of aromatic nitrogens is 2. The van der Waals surface area contributed by atoms with E-state index in [0.29, 0.717) is 0 Å². The predicted molar refractivity (Wildman–Crippen MR) is 78.9 cm³/mol. The first-order chi connectivity index (χ1) is 9.33. The van der Waals surface area contributed by atoms with E-state index in [1.165, 1.54) is 16.8 Å². The van der Waals surface area contributed by atoms with Crippen LogP contribution in [0.15, 0.2) is 36.5 Å². The van der Waals surface area contributed by atoms with Crippen LogP contribution in [-0.2, 0) is 26.1 Å². The van der Waals surface area contributed by atoms with Crippen LogP contribution in [0.1, 0.15) is 37.1 Å². The van der Waals surface area contributed by atoms with Crippen molar-refractivity contribution in [2.24, 2.45) is 0 Å². The van der Waals surface area contributed by atoms with Gasteiger partial charge in [-0.15, -0.1) is 0 Å². The number of rotatable bonds is 7. The minimum absolute atomic E-state index is 0.871. The number of benzene rings is 1. The van der Waals surface area contributed by atoms with Crippen molar-refractivity contribution in [2.75, 3.05) is 0 Å². The highest BCUT2D eigenvalue weighted by Crippen LogP contribution is 2.05. The molecule has 0 aliphatic carbocycles. The molecule has 0 bridgehead atoms. The van der Waals surface area contributed by atoms with Crippen LogP contribution in [0.2, 0.25) is 0 Å². The van der Waals surface area contributed by atoms with Crippen molar-refractivity contribution in [1.29, 1.82) is 0 Å². The monoisotopic (exact) mass is 257 g/mol. The van der Waals surface area contributed by atoms with Gasteiger partial charge in [0.1, 0.15) is 0 Å². The topological polar surface area (TPSA) is 29.9 Å². The predicted octanol–water partition coefficient (Wildman–Crippen LogP) is 3.15. The number of hydrogen-bond donors (Lipinski definition) is 1. The molecule has 1 aromatic carbocycles. The Hall–Kier alpha value is -1.61. The lowest BCUT2D eigenvalue weighted by atomic mass is 10.1. The summed E-state index contributed by atoms with van der Waals surface area (Å²) in [5.41, 5.74) is 3.98. The van der Waals surface area contributed by atoms with Crippen molar-refractivity contribution >= 4 is 0 Å². The maximum atomic E-state index is 4.33. The van der Waals surface area contributed by atoms with Crippen LogP contribution in [0, 0.1) is 0 Å². The maximum Gasteiger partial charge on any atom is 0.0522 e. The molecule has 1 N–H and O–H groups in total. The second kappa shape index (κ2) is 7.10.